The van der Waals surface area contributed by atoms with Crippen LogP contribution in [0.15, 0.2) is 24.3 Å². The van der Waals surface area contributed by atoms with Gasteiger partial charge in [0, 0.05) is 1.43 Å². The summed E-state index contributed by atoms with van der Waals surface area (Å²) in [6.45, 7) is 0. The standard InChI is InChI=1S/C8H5NO2.H2/c10-7-5-3-1-2-4-6(5)8(11)9-7;/h1-4H,(H,9,10,11);1H. The number of amides is 2. The third-order valence-corrected chi connectivity index (χ3v) is 1.64. The van der Waals surface area contributed by atoms with Gasteiger partial charge in [0.1, 0.15) is 0 Å². The monoisotopic (exact) mass is 149 g/mol. The van der Waals surface area contributed by atoms with E-state index in [9.17, 15) is 9.59 Å². The Morgan fingerprint density at radius 2 is 1.45 bits per heavy atom. The average Bonchev–Trinajstić information content (AvgIpc) is 2.30. The van der Waals surface area contributed by atoms with Crippen molar-refractivity contribution in [2.24, 2.45) is 0 Å². The lowest BCUT2D eigenvalue weighted by Gasteiger charge is -1.88. The highest BCUT2D eigenvalue weighted by atomic mass is 16.2. The summed E-state index contributed by atoms with van der Waals surface area (Å²) in [5.74, 6) is -0.601. The summed E-state index contributed by atoms with van der Waals surface area (Å²) in [5, 5.41) is 2.20. The molecule has 2 rings (SSSR count). The molecule has 1 aromatic carbocycles. The topological polar surface area (TPSA) is 46.2 Å². The van der Waals surface area contributed by atoms with E-state index in [1.54, 1.807) is 24.3 Å². The third-order valence-electron chi connectivity index (χ3n) is 1.64. The highest BCUT2D eigenvalue weighted by Crippen LogP contribution is 2.13. The van der Waals surface area contributed by atoms with Crippen LogP contribution in [0.1, 0.15) is 22.1 Å². The quantitative estimate of drug-likeness (QED) is 0.555. The Hall–Kier alpha value is -1.64. The molecule has 1 N–H and O–H groups in total. The first kappa shape index (κ1) is 6.09. The summed E-state index contributed by atoms with van der Waals surface area (Å²) in [6.07, 6.45) is 0. The largest absolute Gasteiger partial charge is 0.288 e. The van der Waals surface area contributed by atoms with Gasteiger partial charge in [0.2, 0.25) is 0 Å². The van der Waals surface area contributed by atoms with Crippen molar-refractivity contribution in [3.63, 3.8) is 0 Å². The van der Waals surface area contributed by atoms with Crippen LogP contribution < -0.4 is 5.32 Å². The highest BCUT2D eigenvalue weighted by Gasteiger charge is 2.25. The third kappa shape index (κ3) is 0.741. The molecule has 2 amide bonds. The van der Waals surface area contributed by atoms with Gasteiger partial charge < -0.3 is 0 Å². The Labute approximate surface area is 64.5 Å². The van der Waals surface area contributed by atoms with Gasteiger partial charge in [0.15, 0.2) is 0 Å². The van der Waals surface area contributed by atoms with Crippen molar-refractivity contribution in [3.8, 4) is 0 Å². The number of imide groups is 1. The van der Waals surface area contributed by atoms with Crippen LogP contribution >= 0.6 is 0 Å². The van der Waals surface area contributed by atoms with Crippen molar-refractivity contribution in [2.75, 3.05) is 0 Å². The van der Waals surface area contributed by atoms with Crippen molar-refractivity contribution in [3.05, 3.63) is 35.4 Å². The lowest BCUT2D eigenvalue weighted by Crippen LogP contribution is -2.19. The van der Waals surface area contributed by atoms with Crippen LogP contribution in [0.4, 0.5) is 0 Å². The van der Waals surface area contributed by atoms with E-state index in [1.807, 2.05) is 0 Å². The van der Waals surface area contributed by atoms with E-state index >= 15 is 0 Å². The van der Waals surface area contributed by atoms with E-state index in [4.69, 9.17) is 0 Å². The number of nitrogens with one attached hydrogen (secondary N) is 1. The second-order valence-electron chi connectivity index (χ2n) is 2.33. The predicted octanol–water partition coefficient (Wildman–Crippen LogP) is 0.816. The van der Waals surface area contributed by atoms with Crippen LogP contribution in [0.5, 0.6) is 0 Å². The fourth-order valence-electron chi connectivity index (χ4n) is 1.12. The molecule has 0 saturated heterocycles. The Morgan fingerprint density at radius 1 is 1.00 bits per heavy atom. The van der Waals surface area contributed by atoms with Crippen LogP contribution in [0.2, 0.25) is 0 Å². The number of carbonyl (C=O) groups is 2. The fourth-order valence-corrected chi connectivity index (χ4v) is 1.12. The Balaban J connectivity index is 0.000000720. The normalized spacial score (nSPS) is 14.5. The predicted molar refractivity (Wildman–Crippen MR) is 40.4 cm³/mol. The number of fused-ring (bicyclic) bond motifs is 1. The smallest absolute Gasteiger partial charge is 0.258 e. The molecule has 1 heterocycles. The zero-order valence-electron chi connectivity index (χ0n) is 5.63. The molecule has 0 radical (unpaired) electrons. The summed E-state index contributed by atoms with van der Waals surface area (Å²) in [6, 6.07) is 6.74. The molecule has 11 heavy (non-hydrogen) atoms. The molecule has 0 aliphatic carbocycles. The molecule has 0 spiro atoms. The zero-order chi connectivity index (χ0) is 7.84. The first-order valence-corrected chi connectivity index (χ1v) is 3.24. The number of hydrogen-bond donors (Lipinski definition) is 1. The number of carbonyl (C=O) groups excluding carboxylic acids is 2. The summed E-state index contributed by atoms with van der Waals surface area (Å²) in [7, 11) is 0. The van der Waals surface area contributed by atoms with Crippen molar-refractivity contribution >= 4 is 11.8 Å². The van der Waals surface area contributed by atoms with Crippen molar-refractivity contribution in [1.29, 1.82) is 0 Å². The van der Waals surface area contributed by atoms with Gasteiger partial charge in [0.25, 0.3) is 11.8 Å². The molecule has 56 valence electrons. The number of benzene rings is 1. The number of rotatable bonds is 0. The van der Waals surface area contributed by atoms with Crippen molar-refractivity contribution < 1.29 is 11.0 Å². The van der Waals surface area contributed by atoms with Crippen molar-refractivity contribution in [2.45, 2.75) is 0 Å². The van der Waals surface area contributed by atoms with Gasteiger partial charge in [0.05, 0.1) is 11.1 Å². The molecule has 1 aromatic rings. The van der Waals surface area contributed by atoms with Crippen LogP contribution in [0.25, 0.3) is 0 Å². The molecule has 1 aliphatic rings. The van der Waals surface area contributed by atoms with Gasteiger partial charge in [-0.2, -0.15) is 0 Å². The van der Waals surface area contributed by atoms with E-state index in [0.717, 1.165) is 0 Å². The SMILES string of the molecule is O=C1NC(=O)c2ccccc21.[HH]. The van der Waals surface area contributed by atoms with Gasteiger partial charge >= 0.3 is 0 Å². The minimum atomic E-state index is -0.300. The maximum atomic E-state index is 10.9. The van der Waals surface area contributed by atoms with E-state index in [-0.39, 0.29) is 13.2 Å². The van der Waals surface area contributed by atoms with Gasteiger partial charge in [-0.3, -0.25) is 14.9 Å². The summed E-state index contributed by atoms with van der Waals surface area (Å²) >= 11 is 0. The molecule has 3 heteroatoms. The van der Waals surface area contributed by atoms with Gasteiger partial charge in [-0.05, 0) is 12.1 Å². The molecule has 0 saturated carbocycles. The second-order valence-corrected chi connectivity index (χ2v) is 2.33. The maximum absolute atomic E-state index is 10.9. The van der Waals surface area contributed by atoms with Crippen LogP contribution in [0.3, 0.4) is 0 Å². The average molecular weight is 149 g/mol. The first-order valence-electron chi connectivity index (χ1n) is 3.24. The fraction of sp³-hybridized carbons (Fsp3) is 0. The van der Waals surface area contributed by atoms with Crippen LogP contribution in [0, 0.1) is 0 Å². The van der Waals surface area contributed by atoms with E-state index in [2.05, 4.69) is 5.32 Å². The summed E-state index contributed by atoms with van der Waals surface area (Å²) in [5.41, 5.74) is 0.940. The molecule has 1 aliphatic heterocycles. The second kappa shape index (κ2) is 1.92. The number of hydrogen-bond acceptors (Lipinski definition) is 2. The lowest BCUT2D eigenvalue weighted by atomic mass is 10.1. The Morgan fingerprint density at radius 3 is 1.91 bits per heavy atom. The van der Waals surface area contributed by atoms with E-state index in [0.29, 0.717) is 11.1 Å². The molecule has 3 nitrogen and oxygen atoms in total. The Bertz CT molecular complexity index is 316. The van der Waals surface area contributed by atoms with Crippen molar-refractivity contribution in [1.82, 2.24) is 5.32 Å². The van der Waals surface area contributed by atoms with Gasteiger partial charge in [-0.1, -0.05) is 12.1 Å². The molecular weight excluding hydrogens is 142 g/mol. The molecule has 0 aromatic heterocycles. The Kier molecular flexibility index (Phi) is 1.06. The van der Waals surface area contributed by atoms with Crippen LogP contribution in [-0.4, -0.2) is 11.8 Å². The molecular formula is C8H7NO2. The van der Waals surface area contributed by atoms with E-state index in [1.165, 1.54) is 0 Å². The molecule has 0 fully saturated rings. The zero-order valence-corrected chi connectivity index (χ0v) is 5.63. The highest BCUT2D eigenvalue weighted by molar-refractivity contribution is 6.21. The summed E-state index contributed by atoms with van der Waals surface area (Å²) in [4.78, 5) is 21.9. The van der Waals surface area contributed by atoms with Gasteiger partial charge in [-0.25, -0.2) is 0 Å². The van der Waals surface area contributed by atoms with Gasteiger partial charge in [-0.15, -0.1) is 0 Å². The van der Waals surface area contributed by atoms with Crippen LogP contribution in [-0.2, 0) is 0 Å². The molecule has 0 unspecified atom stereocenters. The first-order chi connectivity index (χ1) is 5.29. The lowest BCUT2D eigenvalue weighted by molar-refractivity contribution is 0.0879. The summed E-state index contributed by atoms with van der Waals surface area (Å²) < 4.78 is 0. The minimum absolute atomic E-state index is 0. The van der Waals surface area contributed by atoms with E-state index < -0.39 is 0 Å². The minimum Gasteiger partial charge on any atom is -0.288 e. The maximum Gasteiger partial charge on any atom is 0.258 e. The molecule has 0 bridgehead atoms. The molecule has 0 atom stereocenters.